The molecule has 0 saturated carbocycles. The molecule has 0 aliphatic rings. The molecule has 0 amide bonds. The SMILES string of the molecule is Nc1cc(-c2ccc(Oc3c([N+](=O)[O-])cc(C(F)(F)F)cc3[N+](=O)[O-])c(N)c2)ccc1Oc1c([N+](=O)[O-])cc(C(F)(F)F)cc1[N+](=O)[O-]. The Hall–Kier alpha value is -6.74. The Morgan fingerprint density at radius 2 is 0.771 bits per heavy atom. The summed E-state index contributed by atoms with van der Waals surface area (Å²) in [6, 6.07) is 7.13. The van der Waals surface area contributed by atoms with Crippen LogP contribution in [-0.4, -0.2) is 19.7 Å². The molecule has 0 radical (unpaired) electrons. The van der Waals surface area contributed by atoms with E-state index in [9.17, 15) is 66.8 Å². The van der Waals surface area contributed by atoms with Crippen molar-refractivity contribution in [3.05, 3.63) is 112 Å². The van der Waals surface area contributed by atoms with Gasteiger partial charge in [-0.2, -0.15) is 26.3 Å². The van der Waals surface area contributed by atoms with Crippen molar-refractivity contribution in [2.75, 3.05) is 11.5 Å². The summed E-state index contributed by atoms with van der Waals surface area (Å²) in [6.07, 6.45) is -10.3. The normalized spacial score (nSPS) is 11.5. The van der Waals surface area contributed by atoms with E-state index < -0.39 is 88.9 Å². The standard InChI is InChI=1S/C26H14F6N6O10/c27-25(28,29)13-7-17(35(39)40)23(18(8-13)36(41)42)47-21-3-1-11(5-15(21)33)12-2-4-22(16(34)6-12)48-24-19(37(43)44)9-14(26(30,31)32)10-20(24)38(45)46/h1-10H,33-34H2. The van der Waals surface area contributed by atoms with E-state index in [0.717, 1.165) is 24.3 Å². The first kappa shape index (κ1) is 34.1. The van der Waals surface area contributed by atoms with Crippen LogP contribution in [0.4, 0.5) is 60.5 Å². The molecular weight excluding hydrogens is 670 g/mol. The number of halogens is 6. The number of anilines is 2. The molecule has 0 aliphatic heterocycles. The molecule has 0 atom stereocenters. The van der Waals surface area contributed by atoms with E-state index in [1.807, 2.05) is 0 Å². The van der Waals surface area contributed by atoms with Crippen molar-refractivity contribution in [2.45, 2.75) is 12.4 Å². The predicted octanol–water partition coefficient (Wildman–Crippen LogP) is 7.77. The Bertz CT molecular complexity index is 1810. The maximum atomic E-state index is 13.2. The van der Waals surface area contributed by atoms with Crippen molar-refractivity contribution in [2.24, 2.45) is 0 Å². The highest BCUT2D eigenvalue weighted by Crippen LogP contribution is 2.47. The van der Waals surface area contributed by atoms with Gasteiger partial charge in [0.1, 0.15) is 0 Å². The molecule has 48 heavy (non-hydrogen) atoms. The minimum Gasteiger partial charge on any atom is -0.442 e. The maximum absolute atomic E-state index is 13.2. The number of alkyl halides is 6. The average Bonchev–Trinajstić information content (AvgIpc) is 2.97. The molecule has 16 nitrogen and oxygen atoms in total. The molecule has 0 spiro atoms. The summed E-state index contributed by atoms with van der Waals surface area (Å²) in [7, 11) is 0. The van der Waals surface area contributed by atoms with Gasteiger partial charge in [-0.15, -0.1) is 0 Å². The first-order valence-electron chi connectivity index (χ1n) is 12.4. The summed E-state index contributed by atoms with van der Waals surface area (Å²) in [5.41, 5.74) is 2.80. The highest BCUT2D eigenvalue weighted by atomic mass is 19.4. The van der Waals surface area contributed by atoms with Crippen LogP contribution in [0.3, 0.4) is 0 Å². The van der Waals surface area contributed by atoms with Crippen LogP contribution in [0.15, 0.2) is 60.7 Å². The number of hydrogen-bond acceptors (Lipinski definition) is 12. The molecule has 22 heteroatoms. The number of nitrogen functional groups attached to an aromatic ring is 2. The van der Waals surface area contributed by atoms with Crippen molar-refractivity contribution in [3.63, 3.8) is 0 Å². The lowest BCUT2D eigenvalue weighted by atomic mass is 10.0. The van der Waals surface area contributed by atoms with E-state index in [-0.39, 0.29) is 46.8 Å². The zero-order valence-electron chi connectivity index (χ0n) is 23.1. The third-order valence-electron chi connectivity index (χ3n) is 6.32. The largest absolute Gasteiger partial charge is 0.442 e. The molecule has 0 aliphatic carbocycles. The number of hydrogen-bond donors (Lipinski definition) is 2. The Morgan fingerprint density at radius 3 is 0.979 bits per heavy atom. The predicted molar refractivity (Wildman–Crippen MR) is 150 cm³/mol. The van der Waals surface area contributed by atoms with Crippen LogP contribution in [0, 0.1) is 40.5 Å². The van der Waals surface area contributed by atoms with E-state index in [0.29, 0.717) is 0 Å². The fourth-order valence-electron chi connectivity index (χ4n) is 4.14. The molecule has 4 aromatic carbocycles. The zero-order chi connectivity index (χ0) is 35.9. The number of nitrogens with two attached hydrogens (primary N) is 2. The summed E-state index contributed by atoms with van der Waals surface area (Å²) < 4.78 is 89.7. The molecule has 250 valence electrons. The van der Waals surface area contributed by atoms with Crippen molar-refractivity contribution < 1.29 is 55.5 Å². The quantitative estimate of drug-likeness (QED) is 0.0743. The highest BCUT2D eigenvalue weighted by Gasteiger charge is 2.40. The zero-order valence-corrected chi connectivity index (χ0v) is 23.1. The average molecular weight is 684 g/mol. The first-order valence-corrected chi connectivity index (χ1v) is 12.4. The minimum atomic E-state index is -5.17. The molecule has 0 saturated heterocycles. The second kappa shape index (κ2) is 12.2. The molecule has 0 bridgehead atoms. The topological polar surface area (TPSA) is 243 Å². The summed E-state index contributed by atoms with van der Waals surface area (Å²) >= 11 is 0. The van der Waals surface area contributed by atoms with Gasteiger partial charge in [0.15, 0.2) is 11.5 Å². The number of nitro benzene ring substituents is 4. The number of nitro groups is 4. The van der Waals surface area contributed by atoms with Crippen LogP contribution in [0.5, 0.6) is 23.0 Å². The van der Waals surface area contributed by atoms with Gasteiger partial charge >= 0.3 is 35.1 Å². The Labute approximate surface area is 260 Å². The van der Waals surface area contributed by atoms with Crippen LogP contribution >= 0.6 is 0 Å². The summed E-state index contributed by atoms with van der Waals surface area (Å²) in [4.78, 5) is 40.7. The van der Waals surface area contributed by atoms with E-state index in [1.54, 1.807) is 0 Å². The van der Waals surface area contributed by atoms with Crippen LogP contribution in [0.2, 0.25) is 0 Å². The van der Waals surface area contributed by atoms with E-state index in [4.69, 9.17) is 20.9 Å². The van der Waals surface area contributed by atoms with Gasteiger partial charge in [-0.05, 0) is 35.4 Å². The molecule has 4 N–H and O–H groups in total. The van der Waals surface area contributed by atoms with Crippen LogP contribution < -0.4 is 20.9 Å². The Balaban J connectivity index is 1.70. The molecule has 4 rings (SSSR count). The van der Waals surface area contributed by atoms with E-state index in [1.165, 1.54) is 12.1 Å². The molecule has 0 aromatic heterocycles. The third kappa shape index (κ3) is 6.90. The van der Waals surface area contributed by atoms with Gasteiger partial charge in [0.2, 0.25) is 0 Å². The Kier molecular flexibility index (Phi) is 8.69. The highest BCUT2D eigenvalue weighted by molar-refractivity contribution is 5.76. The fraction of sp³-hybridized carbons (Fsp3) is 0.0769. The van der Waals surface area contributed by atoms with Gasteiger partial charge in [-0.3, -0.25) is 40.5 Å². The number of ether oxygens (including phenoxy) is 2. The van der Waals surface area contributed by atoms with Crippen LogP contribution in [0.25, 0.3) is 11.1 Å². The number of rotatable bonds is 9. The first-order chi connectivity index (χ1) is 22.2. The molecule has 0 heterocycles. The maximum Gasteiger partial charge on any atom is 0.416 e. The fourth-order valence-corrected chi connectivity index (χ4v) is 4.14. The van der Waals surface area contributed by atoms with Crippen molar-refractivity contribution >= 4 is 34.1 Å². The van der Waals surface area contributed by atoms with Gasteiger partial charge in [0.25, 0.3) is 11.5 Å². The molecule has 0 unspecified atom stereocenters. The minimum absolute atomic E-state index is 0.0488. The monoisotopic (exact) mass is 684 g/mol. The van der Waals surface area contributed by atoms with Crippen LogP contribution in [0.1, 0.15) is 11.1 Å². The molecule has 0 fully saturated rings. The second-order valence-electron chi connectivity index (χ2n) is 9.42. The lowest BCUT2D eigenvalue weighted by Gasteiger charge is -2.14. The van der Waals surface area contributed by atoms with Crippen molar-refractivity contribution in [1.82, 2.24) is 0 Å². The molecule has 4 aromatic rings. The smallest absolute Gasteiger partial charge is 0.416 e. The summed E-state index contributed by atoms with van der Waals surface area (Å²) in [5, 5.41) is 46.0. The number of nitrogens with zero attached hydrogens (tertiary/aromatic N) is 4. The van der Waals surface area contributed by atoms with Crippen LogP contribution in [-0.2, 0) is 12.4 Å². The van der Waals surface area contributed by atoms with Gasteiger partial charge in [-0.25, -0.2) is 0 Å². The lowest BCUT2D eigenvalue weighted by Crippen LogP contribution is -2.08. The van der Waals surface area contributed by atoms with Gasteiger partial charge in [-0.1, -0.05) is 12.1 Å². The van der Waals surface area contributed by atoms with Gasteiger partial charge < -0.3 is 20.9 Å². The summed E-state index contributed by atoms with van der Waals surface area (Å²) in [5.74, 6) is -3.18. The Morgan fingerprint density at radius 1 is 0.500 bits per heavy atom. The lowest BCUT2D eigenvalue weighted by molar-refractivity contribution is -0.396. The third-order valence-corrected chi connectivity index (χ3v) is 6.32. The summed E-state index contributed by atoms with van der Waals surface area (Å²) in [6.45, 7) is 0. The number of benzene rings is 4. The van der Waals surface area contributed by atoms with Gasteiger partial charge in [0, 0.05) is 24.3 Å². The van der Waals surface area contributed by atoms with Gasteiger partial charge in [0.05, 0.1) is 42.2 Å². The van der Waals surface area contributed by atoms with E-state index in [2.05, 4.69) is 0 Å². The molecular formula is C26H14F6N6O10. The van der Waals surface area contributed by atoms with Crippen molar-refractivity contribution in [1.29, 1.82) is 0 Å². The van der Waals surface area contributed by atoms with Crippen molar-refractivity contribution in [3.8, 4) is 34.1 Å². The van der Waals surface area contributed by atoms with E-state index >= 15 is 0 Å². The second-order valence-corrected chi connectivity index (χ2v) is 9.42.